The first-order valence-corrected chi connectivity index (χ1v) is 3.73. The molecule has 9 heavy (non-hydrogen) atoms. The molecule has 0 aliphatic rings. The summed E-state index contributed by atoms with van der Waals surface area (Å²) in [5.74, 6) is 1.89. The molecule has 1 aromatic heterocycles. The number of hydrogen-bond donors (Lipinski definition) is 0. The highest BCUT2D eigenvalue weighted by molar-refractivity contribution is 8.01. The highest BCUT2D eigenvalue weighted by Crippen LogP contribution is 2.11. The molecule has 0 unspecified atom stereocenters. The van der Waals surface area contributed by atoms with Gasteiger partial charge < -0.3 is 4.42 Å². The molecule has 1 rings (SSSR count). The summed E-state index contributed by atoms with van der Waals surface area (Å²) in [6.07, 6.45) is 1.68. The second-order valence-electron chi connectivity index (χ2n) is 1.56. The van der Waals surface area contributed by atoms with Gasteiger partial charge in [-0.3, -0.25) is 0 Å². The molecule has 0 N–H and O–H groups in total. The van der Waals surface area contributed by atoms with Crippen molar-refractivity contribution in [3.05, 3.63) is 36.1 Å². The van der Waals surface area contributed by atoms with Gasteiger partial charge in [0, 0.05) is 0 Å². The average Bonchev–Trinajstić information content (AvgIpc) is 2.34. The topological polar surface area (TPSA) is 13.1 Å². The van der Waals surface area contributed by atoms with Crippen molar-refractivity contribution in [1.82, 2.24) is 0 Å². The SMILES string of the molecule is C=CSCc1ccco1. The van der Waals surface area contributed by atoms with Crippen LogP contribution in [0.15, 0.2) is 34.8 Å². The Morgan fingerprint density at radius 2 is 2.67 bits per heavy atom. The molecule has 0 atom stereocenters. The predicted octanol–water partition coefficient (Wildman–Crippen LogP) is 2.66. The molecule has 0 radical (unpaired) electrons. The van der Waals surface area contributed by atoms with E-state index in [0.717, 1.165) is 11.5 Å². The summed E-state index contributed by atoms with van der Waals surface area (Å²) in [4.78, 5) is 0. The first-order valence-electron chi connectivity index (χ1n) is 2.68. The zero-order chi connectivity index (χ0) is 6.53. The van der Waals surface area contributed by atoms with Gasteiger partial charge in [0.25, 0.3) is 0 Å². The van der Waals surface area contributed by atoms with Gasteiger partial charge in [-0.05, 0) is 17.5 Å². The largest absolute Gasteiger partial charge is 0.468 e. The van der Waals surface area contributed by atoms with Crippen molar-refractivity contribution in [2.24, 2.45) is 0 Å². The smallest absolute Gasteiger partial charge is 0.113 e. The minimum atomic E-state index is 0.885. The lowest BCUT2D eigenvalue weighted by atomic mass is 10.5. The van der Waals surface area contributed by atoms with Crippen molar-refractivity contribution >= 4 is 11.8 Å². The molecule has 1 nitrogen and oxygen atoms in total. The zero-order valence-corrected chi connectivity index (χ0v) is 5.86. The van der Waals surface area contributed by atoms with Gasteiger partial charge in [0.1, 0.15) is 5.76 Å². The lowest BCUT2D eigenvalue weighted by Crippen LogP contribution is -1.68. The molecular weight excluding hydrogens is 132 g/mol. The van der Waals surface area contributed by atoms with Gasteiger partial charge in [-0.15, -0.1) is 11.8 Å². The Kier molecular flexibility index (Phi) is 2.46. The van der Waals surface area contributed by atoms with Crippen molar-refractivity contribution in [1.29, 1.82) is 0 Å². The predicted molar refractivity (Wildman–Crippen MR) is 40.2 cm³/mol. The van der Waals surface area contributed by atoms with Gasteiger partial charge in [0.15, 0.2) is 0 Å². The molecule has 0 bridgehead atoms. The van der Waals surface area contributed by atoms with Crippen LogP contribution in [0.25, 0.3) is 0 Å². The Bertz CT molecular complexity index is 167. The first-order chi connectivity index (χ1) is 4.43. The Labute approximate surface area is 58.8 Å². The standard InChI is InChI=1S/C7H8OS/c1-2-9-6-7-4-3-5-8-7/h2-5H,1,6H2. The van der Waals surface area contributed by atoms with Crippen LogP contribution in [-0.4, -0.2) is 0 Å². The third-order valence-electron chi connectivity index (χ3n) is 0.924. The lowest BCUT2D eigenvalue weighted by molar-refractivity contribution is 0.530. The second kappa shape index (κ2) is 3.41. The molecule has 0 amide bonds. The zero-order valence-electron chi connectivity index (χ0n) is 5.04. The molecule has 1 aromatic rings. The van der Waals surface area contributed by atoms with Crippen LogP contribution >= 0.6 is 11.8 Å². The third kappa shape index (κ3) is 1.98. The van der Waals surface area contributed by atoms with Gasteiger partial charge in [-0.25, -0.2) is 0 Å². The van der Waals surface area contributed by atoms with Crippen LogP contribution < -0.4 is 0 Å². The van der Waals surface area contributed by atoms with Gasteiger partial charge >= 0.3 is 0 Å². The molecule has 0 aliphatic heterocycles. The Morgan fingerprint density at radius 3 is 3.22 bits per heavy atom. The van der Waals surface area contributed by atoms with E-state index in [2.05, 4.69) is 6.58 Å². The number of rotatable bonds is 3. The van der Waals surface area contributed by atoms with E-state index in [1.165, 1.54) is 0 Å². The van der Waals surface area contributed by atoms with Crippen molar-refractivity contribution in [3.63, 3.8) is 0 Å². The molecule has 2 heteroatoms. The van der Waals surface area contributed by atoms with Gasteiger partial charge in [0.05, 0.1) is 12.0 Å². The van der Waals surface area contributed by atoms with Crippen LogP contribution in [0.3, 0.4) is 0 Å². The van der Waals surface area contributed by atoms with E-state index in [1.807, 2.05) is 17.5 Å². The quantitative estimate of drug-likeness (QED) is 0.640. The highest BCUT2D eigenvalue weighted by atomic mass is 32.2. The summed E-state index contributed by atoms with van der Waals surface area (Å²) < 4.78 is 5.07. The molecule has 0 aromatic carbocycles. The summed E-state index contributed by atoms with van der Waals surface area (Å²) >= 11 is 1.64. The summed E-state index contributed by atoms with van der Waals surface area (Å²) in [5.41, 5.74) is 0. The Hall–Kier alpha value is -0.630. The fourth-order valence-corrected chi connectivity index (χ4v) is 0.982. The van der Waals surface area contributed by atoms with Crippen LogP contribution in [0.4, 0.5) is 0 Å². The van der Waals surface area contributed by atoms with Crippen molar-refractivity contribution in [2.75, 3.05) is 0 Å². The van der Waals surface area contributed by atoms with Gasteiger partial charge in [-0.1, -0.05) is 6.58 Å². The number of thioether (sulfide) groups is 1. The van der Waals surface area contributed by atoms with Crippen LogP contribution in [0, 0.1) is 0 Å². The minimum absolute atomic E-state index is 0.885. The molecule has 1 heterocycles. The monoisotopic (exact) mass is 140 g/mol. The van der Waals surface area contributed by atoms with Crippen LogP contribution in [-0.2, 0) is 5.75 Å². The maximum absolute atomic E-state index is 5.07. The molecule has 0 spiro atoms. The van der Waals surface area contributed by atoms with E-state index in [9.17, 15) is 0 Å². The van der Waals surface area contributed by atoms with E-state index in [4.69, 9.17) is 4.42 Å². The maximum atomic E-state index is 5.07. The summed E-state index contributed by atoms with van der Waals surface area (Å²) in [5, 5.41) is 1.81. The van der Waals surface area contributed by atoms with Gasteiger partial charge in [0.2, 0.25) is 0 Å². The van der Waals surface area contributed by atoms with Crippen molar-refractivity contribution in [3.8, 4) is 0 Å². The van der Waals surface area contributed by atoms with Crippen LogP contribution in [0.5, 0.6) is 0 Å². The van der Waals surface area contributed by atoms with Gasteiger partial charge in [-0.2, -0.15) is 0 Å². The Balaban J connectivity index is 2.38. The summed E-state index contributed by atoms with van der Waals surface area (Å²) in [6.45, 7) is 3.58. The van der Waals surface area contributed by atoms with Crippen LogP contribution in [0.2, 0.25) is 0 Å². The van der Waals surface area contributed by atoms with Crippen molar-refractivity contribution < 1.29 is 4.42 Å². The lowest BCUT2D eigenvalue weighted by Gasteiger charge is -1.87. The second-order valence-corrected chi connectivity index (χ2v) is 2.51. The number of furan rings is 1. The molecular formula is C7H8OS. The van der Waals surface area contributed by atoms with Crippen molar-refractivity contribution in [2.45, 2.75) is 5.75 Å². The molecule has 0 saturated carbocycles. The summed E-state index contributed by atoms with van der Waals surface area (Å²) in [7, 11) is 0. The fourth-order valence-electron chi connectivity index (χ4n) is 0.536. The van der Waals surface area contributed by atoms with E-state index in [0.29, 0.717) is 0 Å². The fraction of sp³-hybridized carbons (Fsp3) is 0.143. The van der Waals surface area contributed by atoms with E-state index in [-0.39, 0.29) is 0 Å². The summed E-state index contributed by atoms with van der Waals surface area (Å²) in [6, 6.07) is 3.84. The number of hydrogen-bond acceptors (Lipinski definition) is 2. The minimum Gasteiger partial charge on any atom is -0.468 e. The van der Waals surface area contributed by atoms with E-state index < -0.39 is 0 Å². The van der Waals surface area contributed by atoms with E-state index >= 15 is 0 Å². The third-order valence-corrected chi connectivity index (χ3v) is 1.61. The Morgan fingerprint density at radius 1 is 1.78 bits per heavy atom. The molecule has 0 aliphatic carbocycles. The highest BCUT2D eigenvalue weighted by Gasteiger charge is 1.90. The molecule has 0 fully saturated rings. The molecule has 48 valence electrons. The van der Waals surface area contributed by atoms with E-state index in [1.54, 1.807) is 18.0 Å². The average molecular weight is 140 g/mol. The maximum Gasteiger partial charge on any atom is 0.113 e. The normalized spacial score (nSPS) is 9.33. The molecule has 0 saturated heterocycles. The first kappa shape index (κ1) is 6.49. The van der Waals surface area contributed by atoms with Crippen LogP contribution in [0.1, 0.15) is 5.76 Å².